The first kappa shape index (κ1) is 13.3. The zero-order valence-corrected chi connectivity index (χ0v) is 11.7. The number of halogens is 2. The second-order valence-corrected chi connectivity index (χ2v) is 6.23. The van der Waals surface area contributed by atoms with Gasteiger partial charge in [-0.25, -0.2) is 4.39 Å². The van der Waals surface area contributed by atoms with Crippen molar-refractivity contribution in [3.63, 3.8) is 0 Å². The summed E-state index contributed by atoms with van der Waals surface area (Å²) in [5.41, 5.74) is 0.963. The van der Waals surface area contributed by atoms with Gasteiger partial charge in [-0.3, -0.25) is 0 Å². The summed E-state index contributed by atoms with van der Waals surface area (Å²) in [6.07, 6.45) is 4.35. The van der Waals surface area contributed by atoms with Gasteiger partial charge in [0.2, 0.25) is 0 Å². The number of hydrogen-bond acceptors (Lipinski definition) is 2. The van der Waals surface area contributed by atoms with Gasteiger partial charge in [-0.15, -0.1) is 0 Å². The minimum atomic E-state index is -0.330. The summed E-state index contributed by atoms with van der Waals surface area (Å²) in [6.45, 7) is 2.46. The Bertz CT molecular complexity index is 455. The third-order valence-corrected chi connectivity index (χ3v) is 4.55. The van der Waals surface area contributed by atoms with Crippen molar-refractivity contribution >= 4 is 11.6 Å². The Kier molecular flexibility index (Phi) is 3.79. The van der Waals surface area contributed by atoms with Gasteiger partial charge in [0, 0.05) is 24.6 Å². The van der Waals surface area contributed by atoms with E-state index in [9.17, 15) is 4.39 Å². The van der Waals surface area contributed by atoms with E-state index < -0.39 is 0 Å². The van der Waals surface area contributed by atoms with Crippen LogP contribution in [0.2, 0.25) is 5.02 Å². The molecule has 0 radical (unpaired) electrons. The second kappa shape index (κ2) is 5.39. The first-order valence-electron chi connectivity index (χ1n) is 6.93. The molecule has 0 amide bonds. The van der Waals surface area contributed by atoms with Gasteiger partial charge >= 0.3 is 0 Å². The largest absolute Gasteiger partial charge is 0.381 e. The molecule has 1 aromatic rings. The van der Waals surface area contributed by atoms with E-state index in [1.165, 1.54) is 18.9 Å². The molecule has 1 aliphatic heterocycles. The molecule has 1 heterocycles. The zero-order chi connectivity index (χ0) is 13.3. The third-order valence-electron chi connectivity index (χ3n) is 4.13. The molecule has 0 spiro atoms. The first-order chi connectivity index (χ1) is 9.19. The SMILES string of the molecule is Fc1cccc(CC2(CNC3CC3)CCOC2)c1Cl. The fraction of sp³-hybridized carbons (Fsp3) is 0.600. The van der Waals surface area contributed by atoms with Crippen LogP contribution in [-0.4, -0.2) is 25.8 Å². The zero-order valence-electron chi connectivity index (χ0n) is 10.9. The van der Waals surface area contributed by atoms with Gasteiger partial charge in [0.1, 0.15) is 5.82 Å². The fourth-order valence-corrected chi connectivity index (χ4v) is 2.92. The summed E-state index contributed by atoms with van der Waals surface area (Å²) < 4.78 is 19.1. The van der Waals surface area contributed by atoms with Crippen molar-refractivity contribution in [2.45, 2.75) is 31.7 Å². The predicted octanol–water partition coefficient (Wildman–Crippen LogP) is 3.18. The number of hydrogen-bond donors (Lipinski definition) is 1. The van der Waals surface area contributed by atoms with Crippen molar-refractivity contribution in [2.75, 3.05) is 19.8 Å². The van der Waals surface area contributed by atoms with E-state index in [2.05, 4.69) is 5.32 Å². The van der Waals surface area contributed by atoms with Crippen LogP contribution in [0.5, 0.6) is 0 Å². The highest BCUT2D eigenvalue weighted by Crippen LogP contribution is 2.35. The molecule has 1 saturated carbocycles. The summed E-state index contributed by atoms with van der Waals surface area (Å²) >= 11 is 6.07. The molecule has 2 aliphatic rings. The first-order valence-corrected chi connectivity index (χ1v) is 7.30. The molecular weight excluding hydrogens is 265 g/mol. The average molecular weight is 284 g/mol. The van der Waals surface area contributed by atoms with Gasteiger partial charge < -0.3 is 10.1 Å². The predicted molar refractivity (Wildman–Crippen MR) is 74.0 cm³/mol. The van der Waals surface area contributed by atoms with Gasteiger partial charge in [-0.05, 0) is 37.3 Å². The van der Waals surface area contributed by atoms with Crippen LogP contribution in [0.3, 0.4) is 0 Å². The number of rotatable bonds is 5. The van der Waals surface area contributed by atoms with Gasteiger partial charge in [0.15, 0.2) is 0 Å². The smallest absolute Gasteiger partial charge is 0.142 e. The molecule has 1 aliphatic carbocycles. The lowest BCUT2D eigenvalue weighted by Crippen LogP contribution is -2.37. The molecule has 1 unspecified atom stereocenters. The molecule has 1 saturated heterocycles. The molecule has 19 heavy (non-hydrogen) atoms. The van der Waals surface area contributed by atoms with Crippen LogP contribution in [0.1, 0.15) is 24.8 Å². The lowest BCUT2D eigenvalue weighted by molar-refractivity contribution is 0.149. The maximum Gasteiger partial charge on any atom is 0.142 e. The highest BCUT2D eigenvalue weighted by atomic mass is 35.5. The van der Waals surface area contributed by atoms with Gasteiger partial charge in [-0.2, -0.15) is 0 Å². The van der Waals surface area contributed by atoms with Crippen LogP contribution in [-0.2, 0) is 11.2 Å². The van der Waals surface area contributed by atoms with Gasteiger partial charge in [0.25, 0.3) is 0 Å². The maximum atomic E-state index is 13.5. The normalized spacial score (nSPS) is 26.8. The van der Waals surface area contributed by atoms with Crippen LogP contribution in [0.25, 0.3) is 0 Å². The molecular formula is C15H19ClFNO. The van der Waals surface area contributed by atoms with Gasteiger partial charge in [-0.1, -0.05) is 23.7 Å². The highest BCUT2D eigenvalue weighted by molar-refractivity contribution is 6.31. The van der Waals surface area contributed by atoms with E-state index in [0.29, 0.717) is 6.04 Å². The minimum Gasteiger partial charge on any atom is -0.381 e. The molecule has 0 aromatic heterocycles. The molecule has 0 bridgehead atoms. The number of nitrogens with one attached hydrogen (secondary N) is 1. The van der Waals surface area contributed by atoms with E-state index in [-0.39, 0.29) is 16.3 Å². The Morgan fingerprint density at radius 2 is 2.26 bits per heavy atom. The molecule has 2 nitrogen and oxygen atoms in total. The minimum absolute atomic E-state index is 0.0695. The quantitative estimate of drug-likeness (QED) is 0.896. The molecule has 4 heteroatoms. The summed E-state index contributed by atoms with van der Waals surface area (Å²) in [6, 6.07) is 5.74. The van der Waals surface area contributed by atoms with Crippen molar-refractivity contribution in [1.82, 2.24) is 5.32 Å². The standard InChI is InChI=1S/C15H19ClFNO/c16-14-11(2-1-3-13(14)17)8-15(6-7-19-10-15)9-18-12-4-5-12/h1-3,12,18H,4-10H2. The summed E-state index contributed by atoms with van der Waals surface area (Å²) in [5.74, 6) is -0.330. The van der Waals surface area contributed by atoms with E-state index in [1.54, 1.807) is 6.07 Å². The Morgan fingerprint density at radius 1 is 1.42 bits per heavy atom. The Balaban J connectivity index is 1.74. The van der Waals surface area contributed by atoms with Crippen LogP contribution in [0, 0.1) is 11.2 Å². The maximum absolute atomic E-state index is 13.5. The Morgan fingerprint density at radius 3 is 2.95 bits per heavy atom. The topological polar surface area (TPSA) is 21.3 Å². The van der Waals surface area contributed by atoms with Crippen molar-refractivity contribution in [3.8, 4) is 0 Å². The van der Waals surface area contributed by atoms with Crippen LogP contribution in [0.4, 0.5) is 4.39 Å². The third kappa shape index (κ3) is 3.10. The van der Waals surface area contributed by atoms with Crippen molar-refractivity contribution in [3.05, 3.63) is 34.6 Å². The molecule has 1 atom stereocenters. The van der Waals surface area contributed by atoms with Crippen molar-refractivity contribution < 1.29 is 9.13 Å². The van der Waals surface area contributed by atoms with E-state index in [0.717, 1.165) is 38.2 Å². The lowest BCUT2D eigenvalue weighted by atomic mass is 9.80. The summed E-state index contributed by atoms with van der Waals surface area (Å²) in [4.78, 5) is 0. The highest BCUT2D eigenvalue weighted by Gasteiger charge is 2.37. The van der Waals surface area contributed by atoms with Crippen LogP contribution in [0.15, 0.2) is 18.2 Å². The van der Waals surface area contributed by atoms with Crippen molar-refractivity contribution in [2.24, 2.45) is 5.41 Å². The van der Waals surface area contributed by atoms with Gasteiger partial charge in [0.05, 0.1) is 11.6 Å². The molecule has 1 N–H and O–H groups in total. The monoisotopic (exact) mass is 283 g/mol. The molecule has 2 fully saturated rings. The number of ether oxygens (including phenoxy) is 1. The van der Waals surface area contributed by atoms with Crippen molar-refractivity contribution in [1.29, 1.82) is 0 Å². The Hall–Kier alpha value is -0.640. The fourth-order valence-electron chi connectivity index (χ4n) is 2.73. The molecule has 3 rings (SSSR count). The number of benzene rings is 1. The van der Waals surface area contributed by atoms with Crippen LogP contribution < -0.4 is 5.32 Å². The van der Waals surface area contributed by atoms with E-state index in [1.807, 2.05) is 6.07 Å². The average Bonchev–Trinajstić information content (AvgIpc) is 3.13. The van der Waals surface area contributed by atoms with E-state index in [4.69, 9.17) is 16.3 Å². The summed E-state index contributed by atoms with van der Waals surface area (Å²) in [7, 11) is 0. The second-order valence-electron chi connectivity index (χ2n) is 5.85. The Labute approximate surface area is 118 Å². The summed E-state index contributed by atoms with van der Waals surface area (Å²) in [5, 5.41) is 3.84. The van der Waals surface area contributed by atoms with Crippen LogP contribution >= 0.6 is 11.6 Å². The molecule has 104 valence electrons. The molecule has 1 aromatic carbocycles. The lowest BCUT2D eigenvalue weighted by Gasteiger charge is -2.28. The van der Waals surface area contributed by atoms with E-state index >= 15 is 0 Å².